The second-order valence-electron chi connectivity index (χ2n) is 3.93. The van der Waals surface area contributed by atoms with Gasteiger partial charge in [-0.25, -0.2) is 4.39 Å². The summed E-state index contributed by atoms with van der Waals surface area (Å²) in [7, 11) is 0. The zero-order chi connectivity index (χ0) is 13.0. The van der Waals surface area contributed by atoms with Gasteiger partial charge in [0.15, 0.2) is 0 Å². The Morgan fingerprint density at radius 2 is 1.78 bits per heavy atom. The molecule has 2 aromatic rings. The smallest absolute Gasteiger partial charge is 0.129 e. The van der Waals surface area contributed by atoms with E-state index in [2.05, 4.69) is 21.2 Å². The van der Waals surface area contributed by atoms with Crippen LogP contribution in [0.5, 0.6) is 0 Å². The minimum atomic E-state index is -0.272. The third kappa shape index (κ3) is 3.55. The molecule has 1 nitrogen and oxygen atoms in total. The fourth-order valence-electron chi connectivity index (χ4n) is 1.64. The van der Waals surface area contributed by atoms with Gasteiger partial charge in [0.25, 0.3) is 0 Å². The summed E-state index contributed by atoms with van der Waals surface area (Å²) in [6.07, 6.45) is 0. The normalized spacial score (nSPS) is 10.6. The number of rotatable bonds is 4. The minimum absolute atomic E-state index is 0.272. The number of benzene rings is 2. The predicted octanol–water partition coefficient (Wildman–Crippen LogP) is 4.53. The first-order valence-electron chi connectivity index (χ1n) is 5.55. The molecular weight excluding hydrogens is 317 g/mol. The lowest BCUT2D eigenvalue weighted by molar-refractivity contribution is 0.588. The largest absolute Gasteiger partial charge is 0.308 e. The maximum Gasteiger partial charge on any atom is 0.129 e. The molecule has 0 heterocycles. The summed E-state index contributed by atoms with van der Waals surface area (Å²) in [5.41, 5.74) is 1.65. The molecule has 0 atom stereocenters. The van der Waals surface area contributed by atoms with Gasteiger partial charge in [0.1, 0.15) is 5.82 Å². The Morgan fingerprint density at radius 1 is 1.06 bits per heavy atom. The summed E-state index contributed by atoms with van der Waals surface area (Å²) in [5.74, 6) is -0.272. The van der Waals surface area contributed by atoms with Crippen LogP contribution in [0.25, 0.3) is 0 Å². The molecule has 1 N–H and O–H groups in total. The second kappa shape index (κ2) is 6.32. The molecule has 0 bridgehead atoms. The molecule has 0 aliphatic heterocycles. The van der Waals surface area contributed by atoms with E-state index in [9.17, 15) is 4.39 Å². The van der Waals surface area contributed by atoms with Crippen molar-refractivity contribution in [2.45, 2.75) is 13.1 Å². The van der Waals surface area contributed by atoms with Gasteiger partial charge in [0.2, 0.25) is 0 Å². The van der Waals surface area contributed by atoms with Crippen molar-refractivity contribution in [3.63, 3.8) is 0 Å². The van der Waals surface area contributed by atoms with Crippen molar-refractivity contribution < 1.29 is 4.39 Å². The number of hydrogen-bond donors (Lipinski definition) is 1. The molecular formula is C14H12BrClFN. The summed E-state index contributed by atoms with van der Waals surface area (Å²) in [5, 5.41) is 3.64. The van der Waals surface area contributed by atoms with Gasteiger partial charge < -0.3 is 5.32 Å². The van der Waals surface area contributed by atoms with Crippen LogP contribution in [0.3, 0.4) is 0 Å². The molecule has 4 heteroatoms. The fraction of sp³-hybridized carbons (Fsp3) is 0.143. The molecule has 0 aliphatic carbocycles. The van der Waals surface area contributed by atoms with Gasteiger partial charge >= 0.3 is 0 Å². The molecule has 0 spiro atoms. The Bertz CT molecular complexity index is 508. The Labute approximate surface area is 119 Å². The van der Waals surface area contributed by atoms with Crippen LogP contribution in [0.15, 0.2) is 46.9 Å². The monoisotopic (exact) mass is 327 g/mol. The van der Waals surface area contributed by atoms with Crippen LogP contribution in [-0.2, 0) is 13.1 Å². The van der Waals surface area contributed by atoms with E-state index in [1.807, 2.05) is 24.3 Å². The molecule has 0 aliphatic rings. The summed E-state index contributed by atoms with van der Waals surface area (Å²) in [4.78, 5) is 0. The van der Waals surface area contributed by atoms with Gasteiger partial charge in [0.05, 0.1) is 0 Å². The number of nitrogens with one attached hydrogen (secondary N) is 1. The molecule has 94 valence electrons. The van der Waals surface area contributed by atoms with Crippen molar-refractivity contribution in [3.8, 4) is 0 Å². The van der Waals surface area contributed by atoms with Crippen LogP contribution in [0, 0.1) is 5.82 Å². The molecule has 0 radical (unpaired) electrons. The van der Waals surface area contributed by atoms with E-state index in [4.69, 9.17) is 11.6 Å². The van der Waals surface area contributed by atoms with Gasteiger partial charge in [-0.3, -0.25) is 0 Å². The highest BCUT2D eigenvalue weighted by Crippen LogP contribution is 2.18. The molecule has 0 aromatic heterocycles. The molecule has 0 amide bonds. The maximum atomic E-state index is 13.5. The molecule has 0 unspecified atom stereocenters. The highest BCUT2D eigenvalue weighted by atomic mass is 79.9. The Morgan fingerprint density at radius 3 is 2.44 bits per heavy atom. The van der Waals surface area contributed by atoms with Crippen molar-refractivity contribution in [2.24, 2.45) is 0 Å². The SMILES string of the molecule is Fc1cccc(Cl)c1CNCc1ccc(Br)cc1. The Kier molecular flexibility index (Phi) is 4.75. The number of hydrogen-bond acceptors (Lipinski definition) is 1. The summed E-state index contributed by atoms with van der Waals surface area (Å²) < 4.78 is 14.5. The lowest BCUT2D eigenvalue weighted by atomic mass is 10.2. The molecule has 0 fully saturated rings. The summed E-state index contributed by atoms with van der Waals surface area (Å²) in [6, 6.07) is 12.7. The molecule has 0 saturated heterocycles. The molecule has 2 rings (SSSR count). The zero-order valence-corrected chi connectivity index (χ0v) is 11.9. The Hall–Kier alpha value is -0.900. The van der Waals surface area contributed by atoms with Gasteiger partial charge in [-0.05, 0) is 29.8 Å². The molecule has 0 saturated carbocycles. The van der Waals surface area contributed by atoms with Gasteiger partial charge in [-0.15, -0.1) is 0 Å². The maximum absolute atomic E-state index is 13.5. The van der Waals surface area contributed by atoms with E-state index in [0.29, 0.717) is 23.7 Å². The number of halogens is 3. The lowest BCUT2D eigenvalue weighted by Crippen LogP contribution is -2.14. The van der Waals surface area contributed by atoms with E-state index in [-0.39, 0.29) is 5.82 Å². The van der Waals surface area contributed by atoms with Crippen molar-refractivity contribution >= 4 is 27.5 Å². The van der Waals surface area contributed by atoms with E-state index in [1.54, 1.807) is 12.1 Å². The zero-order valence-electron chi connectivity index (χ0n) is 9.59. The quantitative estimate of drug-likeness (QED) is 0.869. The third-order valence-electron chi connectivity index (χ3n) is 2.61. The Balaban J connectivity index is 1.94. The van der Waals surface area contributed by atoms with Crippen molar-refractivity contribution in [2.75, 3.05) is 0 Å². The second-order valence-corrected chi connectivity index (χ2v) is 5.25. The van der Waals surface area contributed by atoms with Crippen molar-refractivity contribution in [1.29, 1.82) is 0 Å². The first-order valence-corrected chi connectivity index (χ1v) is 6.72. The van der Waals surface area contributed by atoms with Crippen LogP contribution in [-0.4, -0.2) is 0 Å². The average molecular weight is 329 g/mol. The minimum Gasteiger partial charge on any atom is -0.308 e. The van der Waals surface area contributed by atoms with Crippen LogP contribution in [0.1, 0.15) is 11.1 Å². The van der Waals surface area contributed by atoms with Crippen LogP contribution < -0.4 is 5.32 Å². The topological polar surface area (TPSA) is 12.0 Å². The van der Waals surface area contributed by atoms with E-state index in [0.717, 1.165) is 10.0 Å². The fourth-order valence-corrected chi connectivity index (χ4v) is 2.13. The molecule has 2 aromatic carbocycles. The molecule has 18 heavy (non-hydrogen) atoms. The standard InChI is InChI=1S/C14H12BrClFN/c15-11-6-4-10(5-7-11)8-18-9-12-13(16)2-1-3-14(12)17/h1-7,18H,8-9H2. The first kappa shape index (κ1) is 13.5. The summed E-state index contributed by atoms with van der Waals surface area (Å²) in [6.45, 7) is 1.10. The average Bonchev–Trinajstić information content (AvgIpc) is 2.35. The van der Waals surface area contributed by atoms with Gasteiger partial charge in [-0.1, -0.05) is 45.7 Å². The highest BCUT2D eigenvalue weighted by molar-refractivity contribution is 9.10. The summed E-state index contributed by atoms with van der Waals surface area (Å²) >= 11 is 9.33. The van der Waals surface area contributed by atoms with Crippen LogP contribution in [0.2, 0.25) is 5.02 Å². The first-order chi connectivity index (χ1) is 8.66. The van der Waals surface area contributed by atoms with Crippen LogP contribution in [0.4, 0.5) is 4.39 Å². The van der Waals surface area contributed by atoms with Gasteiger partial charge in [-0.2, -0.15) is 0 Å². The third-order valence-corrected chi connectivity index (χ3v) is 3.49. The highest BCUT2D eigenvalue weighted by Gasteiger charge is 2.05. The lowest BCUT2D eigenvalue weighted by Gasteiger charge is -2.08. The predicted molar refractivity (Wildman–Crippen MR) is 76.1 cm³/mol. The van der Waals surface area contributed by atoms with Crippen LogP contribution >= 0.6 is 27.5 Å². The van der Waals surface area contributed by atoms with E-state index >= 15 is 0 Å². The van der Waals surface area contributed by atoms with Crippen molar-refractivity contribution in [3.05, 3.63) is 68.9 Å². The van der Waals surface area contributed by atoms with E-state index < -0.39 is 0 Å². The van der Waals surface area contributed by atoms with E-state index in [1.165, 1.54) is 6.07 Å². The van der Waals surface area contributed by atoms with Gasteiger partial charge in [0, 0.05) is 28.1 Å². The van der Waals surface area contributed by atoms with Crippen molar-refractivity contribution in [1.82, 2.24) is 5.32 Å².